The molecule has 0 heterocycles. The molecule has 0 saturated carbocycles. The van der Waals surface area contributed by atoms with Crippen molar-refractivity contribution >= 4 is 48.8 Å². The first-order chi connectivity index (χ1) is 5.79. The lowest BCUT2D eigenvalue weighted by Gasteiger charge is -2.18. The molecule has 0 nitrogen and oxygen atoms in total. The molecule has 0 aromatic heterocycles. The SMILES string of the molecule is IC1=CCC(I)c2ccccc21. The second-order valence-corrected chi connectivity index (χ2v) is 5.51. The van der Waals surface area contributed by atoms with E-state index in [9.17, 15) is 0 Å². The maximum Gasteiger partial charge on any atom is 0.0400 e. The van der Waals surface area contributed by atoms with Crippen LogP contribution < -0.4 is 0 Å². The molecule has 2 heteroatoms. The minimum Gasteiger partial charge on any atom is -0.0771 e. The molecule has 1 aliphatic carbocycles. The van der Waals surface area contributed by atoms with E-state index in [1.807, 2.05) is 0 Å². The predicted octanol–water partition coefficient (Wildman–Crippen LogP) is 4.34. The lowest BCUT2D eigenvalue weighted by molar-refractivity contribution is 0.991. The summed E-state index contributed by atoms with van der Waals surface area (Å²) in [5.41, 5.74) is 2.91. The zero-order valence-corrected chi connectivity index (χ0v) is 10.7. The van der Waals surface area contributed by atoms with Crippen molar-refractivity contribution in [2.75, 3.05) is 0 Å². The second kappa shape index (κ2) is 3.65. The Labute approximate surface area is 99.7 Å². The summed E-state index contributed by atoms with van der Waals surface area (Å²) in [5, 5.41) is 0. The van der Waals surface area contributed by atoms with Gasteiger partial charge >= 0.3 is 0 Å². The predicted molar refractivity (Wildman–Crippen MR) is 69.8 cm³/mol. The Bertz CT molecular complexity index is 328. The van der Waals surface area contributed by atoms with Crippen LogP contribution in [0.15, 0.2) is 30.3 Å². The van der Waals surface area contributed by atoms with Gasteiger partial charge in [0.05, 0.1) is 0 Å². The van der Waals surface area contributed by atoms with E-state index in [4.69, 9.17) is 0 Å². The molecule has 12 heavy (non-hydrogen) atoms. The first kappa shape index (κ1) is 8.99. The molecular formula is C10H8I2. The first-order valence-corrected chi connectivity index (χ1v) is 6.20. The zero-order chi connectivity index (χ0) is 8.55. The molecule has 1 aliphatic rings. The van der Waals surface area contributed by atoms with Gasteiger partial charge in [0.2, 0.25) is 0 Å². The molecule has 0 fully saturated rings. The minimum absolute atomic E-state index is 0.664. The summed E-state index contributed by atoms with van der Waals surface area (Å²) in [7, 11) is 0. The van der Waals surface area contributed by atoms with Crippen LogP contribution in [0.4, 0.5) is 0 Å². The van der Waals surface area contributed by atoms with Gasteiger partial charge in [0, 0.05) is 7.50 Å². The molecule has 1 aromatic carbocycles. The number of fused-ring (bicyclic) bond motifs is 1. The fourth-order valence-electron chi connectivity index (χ4n) is 1.43. The fourth-order valence-corrected chi connectivity index (χ4v) is 2.97. The van der Waals surface area contributed by atoms with Crippen molar-refractivity contribution in [2.45, 2.75) is 10.3 Å². The van der Waals surface area contributed by atoms with E-state index in [2.05, 4.69) is 75.5 Å². The van der Waals surface area contributed by atoms with Crippen LogP contribution in [0.5, 0.6) is 0 Å². The average molecular weight is 382 g/mol. The standard InChI is InChI=1S/C10H8I2/c11-9-5-6-10(12)8-4-2-1-3-7(8)9/h1-5,10H,6H2. The maximum atomic E-state index is 2.51. The van der Waals surface area contributed by atoms with E-state index in [1.54, 1.807) is 0 Å². The van der Waals surface area contributed by atoms with E-state index in [0.717, 1.165) is 0 Å². The number of rotatable bonds is 0. The Kier molecular flexibility index (Phi) is 2.74. The van der Waals surface area contributed by atoms with Gasteiger partial charge in [0.1, 0.15) is 0 Å². The molecular weight excluding hydrogens is 374 g/mol. The molecule has 1 unspecified atom stereocenters. The highest BCUT2D eigenvalue weighted by molar-refractivity contribution is 14.1. The van der Waals surface area contributed by atoms with Gasteiger partial charge in [0.15, 0.2) is 0 Å². The van der Waals surface area contributed by atoms with Crippen molar-refractivity contribution in [3.05, 3.63) is 41.5 Å². The third-order valence-corrected chi connectivity index (χ3v) is 4.26. The van der Waals surface area contributed by atoms with Gasteiger partial charge in [0.25, 0.3) is 0 Å². The van der Waals surface area contributed by atoms with Crippen molar-refractivity contribution in [3.63, 3.8) is 0 Å². The van der Waals surface area contributed by atoms with Crippen LogP contribution >= 0.6 is 45.2 Å². The number of hydrogen-bond donors (Lipinski definition) is 0. The molecule has 0 radical (unpaired) electrons. The second-order valence-electron chi connectivity index (χ2n) is 2.84. The average Bonchev–Trinajstić information content (AvgIpc) is 2.12. The van der Waals surface area contributed by atoms with Gasteiger partial charge in [-0.25, -0.2) is 0 Å². The number of hydrogen-bond acceptors (Lipinski definition) is 0. The lowest BCUT2D eigenvalue weighted by atomic mass is 9.98. The monoisotopic (exact) mass is 382 g/mol. The van der Waals surface area contributed by atoms with Crippen LogP contribution in [-0.4, -0.2) is 0 Å². The molecule has 1 aromatic rings. The summed E-state index contributed by atoms with van der Waals surface area (Å²) in [6.45, 7) is 0. The van der Waals surface area contributed by atoms with Gasteiger partial charge < -0.3 is 0 Å². The zero-order valence-electron chi connectivity index (χ0n) is 6.43. The molecule has 0 bridgehead atoms. The van der Waals surface area contributed by atoms with E-state index in [-0.39, 0.29) is 0 Å². The number of halogens is 2. The number of allylic oxidation sites excluding steroid dienone is 1. The van der Waals surface area contributed by atoms with Crippen molar-refractivity contribution in [3.8, 4) is 0 Å². The highest BCUT2D eigenvalue weighted by Crippen LogP contribution is 2.40. The van der Waals surface area contributed by atoms with Crippen molar-refractivity contribution in [1.29, 1.82) is 0 Å². The fraction of sp³-hybridized carbons (Fsp3) is 0.200. The van der Waals surface area contributed by atoms with Crippen LogP contribution in [0, 0.1) is 0 Å². The van der Waals surface area contributed by atoms with Crippen LogP contribution in [-0.2, 0) is 0 Å². The Morgan fingerprint density at radius 2 is 2.00 bits per heavy atom. The lowest BCUT2D eigenvalue weighted by Crippen LogP contribution is -1.98. The highest BCUT2D eigenvalue weighted by Gasteiger charge is 2.16. The molecule has 0 N–H and O–H groups in total. The number of alkyl halides is 1. The molecule has 1 atom stereocenters. The van der Waals surface area contributed by atoms with Crippen LogP contribution in [0.25, 0.3) is 3.58 Å². The molecule has 2 rings (SSSR count). The minimum atomic E-state index is 0.664. The van der Waals surface area contributed by atoms with Gasteiger partial charge in [-0.1, -0.05) is 52.9 Å². The summed E-state index contributed by atoms with van der Waals surface area (Å²) < 4.78 is 2.06. The number of benzene rings is 1. The third-order valence-electron chi connectivity index (χ3n) is 2.06. The molecule has 0 saturated heterocycles. The molecule has 62 valence electrons. The quantitative estimate of drug-likeness (QED) is 0.463. The van der Waals surface area contributed by atoms with Gasteiger partial charge in [-0.05, 0) is 40.1 Å². The maximum absolute atomic E-state index is 2.51. The van der Waals surface area contributed by atoms with E-state index < -0.39 is 0 Å². The highest BCUT2D eigenvalue weighted by atomic mass is 127. The summed E-state index contributed by atoms with van der Waals surface area (Å²) in [6, 6.07) is 8.68. The van der Waals surface area contributed by atoms with Gasteiger partial charge in [-0.3, -0.25) is 0 Å². The first-order valence-electron chi connectivity index (χ1n) is 3.88. The summed E-state index contributed by atoms with van der Waals surface area (Å²) in [5.74, 6) is 0. The summed E-state index contributed by atoms with van der Waals surface area (Å²) in [6.07, 6.45) is 3.50. The van der Waals surface area contributed by atoms with Crippen LogP contribution in [0.1, 0.15) is 21.5 Å². The smallest absolute Gasteiger partial charge is 0.0400 e. The summed E-state index contributed by atoms with van der Waals surface area (Å²) in [4.78, 5) is 0. The topological polar surface area (TPSA) is 0 Å². The molecule has 0 amide bonds. The van der Waals surface area contributed by atoms with Gasteiger partial charge in [-0.2, -0.15) is 0 Å². The van der Waals surface area contributed by atoms with Gasteiger partial charge in [-0.15, -0.1) is 0 Å². The van der Waals surface area contributed by atoms with E-state index >= 15 is 0 Å². The van der Waals surface area contributed by atoms with Crippen molar-refractivity contribution in [1.82, 2.24) is 0 Å². The Balaban J connectivity index is 2.58. The van der Waals surface area contributed by atoms with E-state index in [1.165, 1.54) is 21.1 Å². The van der Waals surface area contributed by atoms with Crippen molar-refractivity contribution < 1.29 is 0 Å². The summed E-state index contributed by atoms with van der Waals surface area (Å²) >= 11 is 4.93. The van der Waals surface area contributed by atoms with Crippen LogP contribution in [0.3, 0.4) is 0 Å². The van der Waals surface area contributed by atoms with E-state index in [0.29, 0.717) is 3.92 Å². The Hall–Kier alpha value is 0.420. The molecule has 0 aliphatic heterocycles. The Morgan fingerprint density at radius 3 is 2.75 bits per heavy atom. The third kappa shape index (κ3) is 1.55. The largest absolute Gasteiger partial charge is 0.0771 e. The van der Waals surface area contributed by atoms with Crippen molar-refractivity contribution in [2.24, 2.45) is 0 Å². The Morgan fingerprint density at radius 1 is 1.25 bits per heavy atom. The normalized spacial score (nSPS) is 21.5. The van der Waals surface area contributed by atoms with Crippen LogP contribution in [0.2, 0.25) is 0 Å². The molecule has 0 spiro atoms.